The number of nitriles is 2. The van der Waals surface area contributed by atoms with E-state index in [1.165, 1.54) is 0 Å². The van der Waals surface area contributed by atoms with Gasteiger partial charge in [0.1, 0.15) is 34.2 Å². The van der Waals surface area contributed by atoms with Crippen LogP contribution in [-0.4, -0.2) is 80.5 Å². The van der Waals surface area contributed by atoms with E-state index >= 15 is 0 Å². The van der Waals surface area contributed by atoms with Crippen LogP contribution >= 0.6 is 15.9 Å². The lowest BCUT2D eigenvalue weighted by molar-refractivity contribution is 0.100. The molecular formula is C55H43BrN16O4. The third-order valence-electron chi connectivity index (χ3n) is 12.4. The van der Waals surface area contributed by atoms with E-state index in [0.29, 0.717) is 85.9 Å². The molecule has 12 rings (SSSR count). The number of nitrogens with one attached hydrogen (secondary N) is 3. The number of imidazole rings is 3. The van der Waals surface area contributed by atoms with Gasteiger partial charge in [-0.3, -0.25) is 18.8 Å². The molecule has 20 nitrogen and oxygen atoms in total. The molecule has 0 unspecified atom stereocenters. The number of carbonyl (C=O) groups is 1. The van der Waals surface area contributed by atoms with Crippen LogP contribution in [0.2, 0.25) is 0 Å². The summed E-state index contributed by atoms with van der Waals surface area (Å²) in [5.41, 5.74) is 23.0. The van der Waals surface area contributed by atoms with Crippen molar-refractivity contribution in [1.82, 2.24) is 59.2 Å². The summed E-state index contributed by atoms with van der Waals surface area (Å²) in [4.78, 5) is 34.3. The van der Waals surface area contributed by atoms with Crippen molar-refractivity contribution >= 4 is 54.9 Å². The van der Waals surface area contributed by atoms with Crippen LogP contribution in [0, 0.1) is 22.7 Å². The minimum absolute atomic E-state index is 0.0205. The van der Waals surface area contributed by atoms with Crippen molar-refractivity contribution in [3.63, 3.8) is 0 Å². The first-order valence-electron chi connectivity index (χ1n) is 23.2. The number of nitrogens with two attached hydrogens (primary N) is 2. The van der Waals surface area contributed by atoms with Gasteiger partial charge in [0.25, 0.3) is 0 Å². The molecule has 0 saturated heterocycles. The monoisotopic (exact) mass is 1070 g/mol. The van der Waals surface area contributed by atoms with Gasteiger partial charge >= 0.3 is 0 Å². The van der Waals surface area contributed by atoms with E-state index < -0.39 is 5.91 Å². The third kappa shape index (κ3) is 9.44. The molecule has 0 atom stereocenters. The maximum absolute atomic E-state index is 11.4. The molecule has 0 bridgehead atoms. The summed E-state index contributed by atoms with van der Waals surface area (Å²) in [7, 11) is 5.25. The Kier molecular flexibility index (Phi) is 13.1. The van der Waals surface area contributed by atoms with E-state index in [1.54, 1.807) is 89.8 Å². The van der Waals surface area contributed by atoms with E-state index in [0.717, 1.165) is 48.8 Å². The van der Waals surface area contributed by atoms with Crippen LogP contribution in [0.5, 0.6) is 17.2 Å². The number of aromatic amines is 3. The highest BCUT2D eigenvalue weighted by Gasteiger charge is 2.24. The number of carbonyl (C=O) groups excluding carboxylic acids is 1. The van der Waals surface area contributed by atoms with Gasteiger partial charge in [0.05, 0.1) is 56.4 Å². The van der Waals surface area contributed by atoms with E-state index in [4.69, 9.17) is 22.0 Å². The maximum Gasteiger partial charge on any atom is 0.248 e. The van der Waals surface area contributed by atoms with Gasteiger partial charge in [-0.15, -0.1) is 0 Å². The molecule has 0 spiro atoms. The van der Waals surface area contributed by atoms with Gasteiger partial charge in [0.15, 0.2) is 34.7 Å². The zero-order valence-corrected chi connectivity index (χ0v) is 42.2. The van der Waals surface area contributed by atoms with Crippen LogP contribution in [0.15, 0.2) is 138 Å². The van der Waals surface area contributed by atoms with E-state index in [2.05, 4.69) is 73.3 Å². The Labute approximate surface area is 439 Å². The zero-order valence-electron chi connectivity index (χ0n) is 40.6. The van der Waals surface area contributed by atoms with Crippen molar-refractivity contribution in [1.29, 1.82) is 10.5 Å². The van der Waals surface area contributed by atoms with Gasteiger partial charge in [-0.05, 0) is 72.3 Å². The summed E-state index contributed by atoms with van der Waals surface area (Å²) < 4.78 is 5.71. The Morgan fingerprint density at radius 1 is 0.553 bits per heavy atom. The maximum atomic E-state index is 11.4. The van der Waals surface area contributed by atoms with Gasteiger partial charge in [-0.2, -0.15) is 25.8 Å². The number of aromatic hydroxyl groups is 3. The fraction of sp³-hybridized carbons (Fsp3) is 0.0727. The Morgan fingerprint density at radius 3 is 1.33 bits per heavy atom. The number of hydrogen-bond acceptors (Lipinski definition) is 13. The number of benzene rings is 6. The van der Waals surface area contributed by atoms with E-state index in [-0.39, 0.29) is 17.2 Å². The van der Waals surface area contributed by atoms with Gasteiger partial charge in [0, 0.05) is 54.4 Å². The lowest BCUT2D eigenvalue weighted by atomic mass is 10.1. The first-order valence-corrected chi connectivity index (χ1v) is 24.0. The van der Waals surface area contributed by atoms with Gasteiger partial charge < -0.3 is 41.7 Å². The number of fused-ring (bicyclic) bond motifs is 3. The highest BCUT2D eigenvalue weighted by molar-refractivity contribution is 9.10. The number of halogens is 1. The molecule has 10 N–H and O–H groups in total. The smallest absolute Gasteiger partial charge is 0.248 e. The molecule has 0 aliphatic heterocycles. The number of hydrogen-bond donors (Lipinski definition) is 8. The molecule has 6 aromatic heterocycles. The van der Waals surface area contributed by atoms with Crippen LogP contribution < -0.4 is 11.5 Å². The molecule has 0 aliphatic rings. The number of aromatic nitrogens is 12. The molecule has 6 aromatic carbocycles. The Bertz CT molecular complexity index is 4250. The molecule has 1 amide bonds. The summed E-state index contributed by atoms with van der Waals surface area (Å²) in [5.74, 6) is 1.10. The van der Waals surface area contributed by atoms with Gasteiger partial charge in [-0.1, -0.05) is 82.7 Å². The number of amides is 1. The van der Waals surface area contributed by atoms with Crippen LogP contribution in [0.25, 0.3) is 101 Å². The lowest BCUT2D eigenvalue weighted by Crippen LogP contribution is -2.10. The van der Waals surface area contributed by atoms with Crippen molar-refractivity contribution in [3.05, 3.63) is 160 Å². The Morgan fingerprint density at radius 2 is 0.934 bits per heavy atom. The average Bonchev–Trinajstić information content (AvgIpc) is 4.30. The molecule has 0 saturated carbocycles. The molecular weight excluding hydrogens is 1030 g/mol. The minimum Gasteiger partial charge on any atom is -0.504 e. The van der Waals surface area contributed by atoms with Crippen molar-refractivity contribution < 1.29 is 20.1 Å². The number of nitrogens with zero attached hydrogens (tertiary/aromatic N) is 11. The van der Waals surface area contributed by atoms with Gasteiger partial charge in [0.2, 0.25) is 5.91 Å². The summed E-state index contributed by atoms with van der Waals surface area (Å²) in [6.45, 7) is 0.450. The van der Waals surface area contributed by atoms with Crippen molar-refractivity contribution in [3.8, 4) is 97.7 Å². The Balaban J connectivity index is 0.000000130. The zero-order chi connectivity index (χ0) is 53.4. The number of H-pyrrole nitrogens is 3. The summed E-state index contributed by atoms with van der Waals surface area (Å²) in [6, 6.07) is 44.2. The first kappa shape index (κ1) is 49.2. The van der Waals surface area contributed by atoms with Crippen LogP contribution in [0.4, 0.5) is 0 Å². The molecule has 12 aromatic rings. The molecule has 21 heteroatoms. The average molecular weight is 1070 g/mol. The topological polar surface area (TPSA) is 317 Å². The second-order valence-electron chi connectivity index (χ2n) is 17.3. The first-order chi connectivity index (χ1) is 36.7. The van der Waals surface area contributed by atoms with Gasteiger partial charge in [-0.25, -0.2) is 15.0 Å². The normalized spacial score (nSPS) is 11.0. The number of primary amides is 1. The number of rotatable bonds is 8. The quantitative estimate of drug-likeness (QED) is 0.0705. The highest BCUT2D eigenvalue weighted by Crippen LogP contribution is 2.40. The van der Waals surface area contributed by atoms with Crippen molar-refractivity contribution in [2.45, 2.75) is 6.54 Å². The molecule has 0 aliphatic carbocycles. The lowest BCUT2D eigenvalue weighted by Gasteiger charge is -2.00. The number of aryl methyl sites for hydroxylation is 3. The predicted octanol–water partition coefficient (Wildman–Crippen LogP) is 9.07. The molecule has 0 radical (unpaired) electrons. The predicted molar refractivity (Wildman–Crippen MR) is 290 cm³/mol. The fourth-order valence-corrected chi connectivity index (χ4v) is 8.84. The van der Waals surface area contributed by atoms with Crippen molar-refractivity contribution in [2.24, 2.45) is 32.6 Å². The Hall–Kier alpha value is -10.4. The molecule has 0 fully saturated rings. The second-order valence-corrected chi connectivity index (χ2v) is 18.2. The fourth-order valence-electron chi connectivity index (χ4n) is 8.58. The summed E-state index contributed by atoms with van der Waals surface area (Å²) in [6.07, 6.45) is 0. The SMILES string of the molecule is Cn1nc(-c2ccc(Br)cc2)c(O)c1-c1nc2ccc(C#N)cc2[nH]1.Cn1nc(-c2ccc(CN)cc2)c(O)c1-c1nc2ccc(C(N)=O)cc2[nH]1.Cn1nc(-c2ccccc2)c(O)c1-c1nc2ccc(C#N)cc2[nH]1. The van der Waals surface area contributed by atoms with E-state index in [1.807, 2.05) is 78.9 Å². The van der Waals surface area contributed by atoms with Crippen LogP contribution in [-0.2, 0) is 27.7 Å². The highest BCUT2D eigenvalue weighted by atomic mass is 79.9. The summed E-state index contributed by atoms with van der Waals surface area (Å²) >= 11 is 3.40. The van der Waals surface area contributed by atoms with Crippen LogP contribution in [0.1, 0.15) is 27.0 Å². The molecule has 76 heavy (non-hydrogen) atoms. The van der Waals surface area contributed by atoms with E-state index in [9.17, 15) is 20.1 Å². The largest absolute Gasteiger partial charge is 0.504 e. The molecule has 6 heterocycles. The van der Waals surface area contributed by atoms with Crippen molar-refractivity contribution in [2.75, 3.05) is 0 Å². The van der Waals surface area contributed by atoms with Crippen LogP contribution in [0.3, 0.4) is 0 Å². The standard InChI is InChI=1S/C19H18N6O2.C18H12BrN5O.C18H13N5O/c1-25-16(17(26)15(24-25)11-4-2-10(9-20)3-5-11)19-22-13-7-6-12(18(21)27)8-14(13)23-19;1-24-16(17(25)15(23-24)11-3-5-12(19)6-4-11)18-21-13-7-2-10(9-20)8-14(13)22-18;1-23-16(17(24)15(22-23)12-5-3-2-4-6-12)18-20-13-8-7-11(10-19)9-14(13)21-18/h2-8,26H,9,20H2,1H3,(H2,21,27)(H,22,23);2-8,25H,1H3,(H,21,22);2-9,24H,1H3,(H,20,21). The minimum atomic E-state index is -0.514. The molecule has 374 valence electrons. The summed E-state index contributed by atoms with van der Waals surface area (Å²) in [5, 5.41) is 63.4. The second kappa shape index (κ2) is 20.3. The third-order valence-corrected chi connectivity index (χ3v) is 12.9.